The smallest absolute Gasteiger partial charge is 0.335 e. The predicted molar refractivity (Wildman–Crippen MR) is 118 cm³/mol. The first-order chi connectivity index (χ1) is 14.9. The summed E-state index contributed by atoms with van der Waals surface area (Å²) in [6.07, 6.45) is 1.67. The molecule has 0 bridgehead atoms. The summed E-state index contributed by atoms with van der Waals surface area (Å²) >= 11 is 6.03. The minimum Gasteiger partial charge on any atom is -0.494 e. The van der Waals surface area contributed by atoms with Crippen LogP contribution in [0.2, 0.25) is 5.02 Å². The molecule has 8 heteroatoms. The average Bonchev–Trinajstić information content (AvgIpc) is 2.79. The van der Waals surface area contributed by atoms with Crippen molar-refractivity contribution in [2.45, 2.75) is 0 Å². The molecule has 4 rings (SSSR count). The molecule has 31 heavy (non-hydrogen) atoms. The van der Waals surface area contributed by atoms with Crippen molar-refractivity contribution in [1.29, 1.82) is 0 Å². The first kappa shape index (κ1) is 20.6. The second-order valence-corrected chi connectivity index (χ2v) is 7.13. The van der Waals surface area contributed by atoms with Crippen LogP contribution in [0.4, 0.5) is 10.3 Å². The Morgan fingerprint density at radius 1 is 1.10 bits per heavy atom. The third-order valence-corrected chi connectivity index (χ3v) is 5.22. The molecular formula is C23H17ClFN3O3. The van der Waals surface area contributed by atoms with Crippen molar-refractivity contribution in [3.8, 4) is 28.0 Å². The van der Waals surface area contributed by atoms with E-state index in [9.17, 15) is 14.3 Å². The fourth-order valence-electron chi connectivity index (χ4n) is 3.40. The van der Waals surface area contributed by atoms with Crippen LogP contribution in [0.3, 0.4) is 0 Å². The van der Waals surface area contributed by atoms with Crippen LogP contribution in [-0.4, -0.2) is 35.2 Å². The molecule has 1 aromatic heterocycles. The molecule has 6 nitrogen and oxygen atoms in total. The number of carbonyl (C=O) groups is 1. The van der Waals surface area contributed by atoms with E-state index in [0.717, 1.165) is 11.1 Å². The van der Waals surface area contributed by atoms with Gasteiger partial charge in [-0.15, -0.1) is 0 Å². The third kappa shape index (κ3) is 3.75. The van der Waals surface area contributed by atoms with Crippen molar-refractivity contribution in [2.75, 3.05) is 19.5 Å². The number of ether oxygens (including phenoxy) is 1. The van der Waals surface area contributed by atoms with Gasteiger partial charge in [0.25, 0.3) is 0 Å². The molecule has 0 radical (unpaired) electrons. The van der Waals surface area contributed by atoms with Crippen LogP contribution >= 0.6 is 11.6 Å². The summed E-state index contributed by atoms with van der Waals surface area (Å²) in [7, 11) is 3.25. The molecule has 0 amide bonds. The minimum atomic E-state index is -1.01. The number of rotatable bonds is 5. The van der Waals surface area contributed by atoms with Crippen molar-refractivity contribution in [3.05, 3.63) is 71.1 Å². The predicted octanol–water partition coefficient (Wildman–Crippen LogP) is 5.50. The number of nitrogens with zero attached hydrogens (tertiary/aromatic N) is 2. The Kier molecular flexibility index (Phi) is 5.44. The average molecular weight is 438 g/mol. The Labute approximate surface area is 182 Å². The zero-order valence-electron chi connectivity index (χ0n) is 16.6. The van der Waals surface area contributed by atoms with E-state index in [1.54, 1.807) is 44.6 Å². The number of benzene rings is 3. The summed E-state index contributed by atoms with van der Waals surface area (Å²) in [5.41, 5.74) is 3.58. The normalized spacial score (nSPS) is 10.8. The summed E-state index contributed by atoms with van der Waals surface area (Å²) in [5, 5.41) is 12.8. The van der Waals surface area contributed by atoms with Gasteiger partial charge in [-0.2, -0.15) is 0 Å². The molecule has 0 saturated heterocycles. The standard InChI is InChI=1S/C23H17ClFN3O3/c1-26-23-27-11-17-15(14-7-8-19(25)18(24)9-14)10-16(21(31-2)20(17)28-23)12-3-5-13(6-4-12)22(29)30/h3-11H,1-2H3,(H,29,30)(H,26,27,28). The molecule has 156 valence electrons. The van der Waals surface area contributed by atoms with Crippen LogP contribution in [0.5, 0.6) is 5.75 Å². The fraction of sp³-hybridized carbons (Fsp3) is 0.0870. The highest BCUT2D eigenvalue weighted by molar-refractivity contribution is 6.31. The van der Waals surface area contributed by atoms with Crippen molar-refractivity contribution in [2.24, 2.45) is 0 Å². The van der Waals surface area contributed by atoms with Gasteiger partial charge in [0, 0.05) is 24.2 Å². The first-order valence-corrected chi connectivity index (χ1v) is 9.65. The molecule has 0 unspecified atom stereocenters. The molecule has 0 spiro atoms. The molecule has 1 heterocycles. The Morgan fingerprint density at radius 3 is 2.42 bits per heavy atom. The topological polar surface area (TPSA) is 84.3 Å². The van der Waals surface area contributed by atoms with Gasteiger partial charge in [0.1, 0.15) is 11.3 Å². The number of carboxylic acid groups (broad SMARTS) is 1. The monoisotopic (exact) mass is 437 g/mol. The summed E-state index contributed by atoms with van der Waals surface area (Å²) in [6.45, 7) is 0. The van der Waals surface area contributed by atoms with Crippen LogP contribution in [0.15, 0.2) is 54.7 Å². The lowest BCUT2D eigenvalue weighted by atomic mass is 9.94. The van der Waals surface area contributed by atoms with Gasteiger partial charge in [0.2, 0.25) is 5.95 Å². The summed E-state index contributed by atoms with van der Waals surface area (Å²) in [4.78, 5) is 20.1. The Hall–Kier alpha value is -3.71. The first-order valence-electron chi connectivity index (χ1n) is 9.27. The molecule has 0 fully saturated rings. The lowest BCUT2D eigenvalue weighted by Gasteiger charge is -2.16. The highest BCUT2D eigenvalue weighted by Crippen LogP contribution is 2.42. The number of anilines is 1. The van der Waals surface area contributed by atoms with E-state index >= 15 is 0 Å². The largest absolute Gasteiger partial charge is 0.494 e. The van der Waals surface area contributed by atoms with Gasteiger partial charge in [-0.25, -0.2) is 19.2 Å². The van der Waals surface area contributed by atoms with E-state index in [1.807, 2.05) is 6.07 Å². The van der Waals surface area contributed by atoms with Crippen molar-refractivity contribution >= 4 is 34.4 Å². The number of methoxy groups -OCH3 is 1. The highest BCUT2D eigenvalue weighted by Gasteiger charge is 2.19. The highest BCUT2D eigenvalue weighted by atomic mass is 35.5. The zero-order valence-corrected chi connectivity index (χ0v) is 17.4. The lowest BCUT2D eigenvalue weighted by molar-refractivity contribution is 0.0697. The van der Waals surface area contributed by atoms with E-state index in [0.29, 0.717) is 33.7 Å². The van der Waals surface area contributed by atoms with Gasteiger partial charge in [0.05, 0.1) is 17.7 Å². The quantitative estimate of drug-likeness (QED) is 0.428. The number of nitrogens with one attached hydrogen (secondary N) is 1. The second-order valence-electron chi connectivity index (χ2n) is 6.72. The van der Waals surface area contributed by atoms with E-state index in [-0.39, 0.29) is 10.6 Å². The summed E-state index contributed by atoms with van der Waals surface area (Å²) < 4.78 is 19.5. The van der Waals surface area contributed by atoms with Gasteiger partial charge < -0.3 is 15.2 Å². The molecule has 2 N–H and O–H groups in total. The number of aromatic nitrogens is 2. The SMILES string of the molecule is CNc1ncc2c(-c3ccc(F)c(Cl)c3)cc(-c3ccc(C(=O)O)cc3)c(OC)c2n1. The van der Waals surface area contributed by atoms with E-state index in [4.69, 9.17) is 16.3 Å². The zero-order chi connectivity index (χ0) is 22.1. The molecule has 0 atom stereocenters. The van der Waals surface area contributed by atoms with Gasteiger partial charge >= 0.3 is 5.97 Å². The Balaban J connectivity index is 2.05. The third-order valence-electron chi connectivity index (χ3n) is 4.93. The fourth-order valence-corrected chi connectivity index (χ4v) is 3.58. The number of fused-ring (bicyclic) bond motifs is 1. The van der Waals surface area contributed by atoms with E-state index < -0.39 is 11.8 Å². The number of aromatic carboxylic acids is 1. The number of hydrogen-bond acceptors (Lipinski definition) is 5. The summed E-state index contributed by atoms with van der Waals surface area (Å²) in [5.74, 6) is -0.604. The van der Waals surface area contributed by atoms with Gasteiger partial charge in [-0.3, -0.25) is 0 Å². The van der Waals surface area contributed by atoms with Crippen molar-refractivity contribution in [1.82, 2.24) is 9.97 Å². The molecule has 0 aliphatic carbocycles. The Bertz CT molecular complexity index is 1310. The van der Waals surface area contributed by atoms with Gasteiger partial charge in [-0.05, 0) is 47.0 Å². The lowest BCUT2D eigenvalue weighted by Crippen LogP contribution is -2.00. The molecule has 3 aromatic carbocycles. The molecule has 0 aliphatic rings. The number of carboxylic acids is 1. The molecule has 0 saturated carbocycles. The van der Waals surface area contributed by atoms with Gasteiger partial charge in [0.15, 0.2) is 5.75 Å². The molecule has 0 aliphatic heterocycles. The van der Waals surface area contributed by atoms with Crippen LogP contribution in [0, 0.1) is 5.82 Å². The van der Waals surface area contributed by atoms with Crippen LogP contribution < -0.4 is 10.1 Å². The maximum Gasteiger partial charge on any atom is 0.335 e. The molecular weight excluding hydrogens is 421 g/mol. The maximum absolute atomic E-state index is 13.8. The molecule has 4 aromatic rings. The van der Waals surface area contributed by atoms with E-state index in [2.05, 4.69) is 15.3 Å². The Morgan fingerprint density at radius 2 is 1.81 bits per heavy atom. The van der Waals surface area contributed by atoms with E-state index in [1.165, 1.54) is 18.2 Å². The van der Waals surface area contributed by atoms with Crippen LogP contribution in [0.25, 0.3) is 33.2 Å². The van der Waals surface area contributed by atoms with Gasteiger partial charge in [-0.1, -0.05) is 29.8 Å². The second kappa shape index (κ2) is 8.20. The minimum absolute atomic E-state index is 0.00147. The number of hydrogen-bond donors (Lipinski definition) is 2. The van der Waals surface area contributed by atoms with Crippen molar-refractivity contribution < 1.29 is 19.0 Å². The maximum atomic E-state index is 13.8. The van der Waals surface area contributed by atoms with Crippen molar-refractivity contribution in [3.63, 3.8) is 0 Å². The van der Waals surface area contributed by atoms with Crippen LogP contribution in [0.1, 0.15) is 10.4 Å². The van der Waals surface area contributed by atoms with Crippen LogP contribution in [-0.2, 0) is 0 Å². The number of halogens is 2. The summed E-state index contributed by atoms with van der Waals surface area (Å²) in [6, 6.07) is 12.8.